The van der Waals surface area contributed by atoms with Crippen LogP contribution in [0.2, 0.25) is 0 Å². The second kappa shape index (κ2) is 8.75. The van der Waals surface area contributed by atoms with Crippen LogP contribution in [-0.4, -0.2) is 29.1 Å². The Kier molecular flexibility index (Phi) is 5.88. The average Bonchev–Trinajstić information content (AvgIpc) is 2.72. The number of carbonyl (C=O) groups is 3. The number of carboxylic acids is 1. The molecular formula is C23H23FN2O5. The summed E-state index contributed by atoms with van der Waals surface area (Å²) in [6.07, 6.45) is 0.769. The number of carbonyl (C=O) groups excluding carboxylic acids is 2. The molecule has 4 rings (SSSR count). The van der Waals surface area contributed by atoms with Gasteiger partial charge >= 0.3 is 12.1 Å². The fourth-order valence-corrected chi connectivity index (χ4v) is 4.32. The van der Waals surface area contributed by atoms with Gasteiger partial charge in [0, 0.05) is 18.4 Å². The minimum atomic E-state index is -1.02. The lowest BCUT2D eigenvalue weighted by Gasteiger charge is -2.52. The van der Waals surface area contributed by atoms with Crippen LogP contribution in [0.25, 0.3) is 0 Å². The van der Waals surface area contributed by atoms with Gasteiger partial charge in [-0.25, -0.2) is 9.18 Å². The van der Waals surface area contributed by atoms with E-state index in [9.17, 15) is 18.8 Å². The number of aliphatic carboxylic acids is 1. The van der Waals surface area contributed by atoms with Crippen molar-refractivity contribution in [3.05, 3.63) is 65.5 Å². The maximum absolute atomic E-state index is 13.4. The van der Waals surface area contributed by atoms with E-state index in [1.54, 1.807) is 17.0 Å². The van der Waals surface area contributed by atoms with Gasteiger partial charge in [0.1, 0.15) is 12.4 Å². The molecule has 0 radical (unpaired) electrons. The summed E-state index contributed by atoms with van der Waals surface area (Å²) in [4.78, 5) is 37.7. The lowest BCUT2D eigenvalue weighted by Crippen LogP contribution is -2.58. The van der Waals surface area contributed by atoms with Crippen molar-refractivity contribution >= 4 is 23.7 Å². The number of nitrogens with one attached hydrogen (secondary N) is 1. The van der Waals surface area contributed by atoms with Gasteiger partial charge in [0.2, 0.25) is 5.91 Å². The molecule has 0 bridgehead atoms. The third-order valence-electron chi connectivity index (χ3n) is 5.91. The van der Waals surface area contributed by atoms with E-state index >= 15 is 0 Å². The average molecular weight is 426 g/mol. The minimum absolute atomic E-state index is 0.0189. The quantitative estimate of drug-likeness (QED) is 0.733. The van der Waals surface area contributed by atoms with Gasteiger partial charge in [0.15, 0.2) is 0 Å². The van der Waals surface area contributed by atoms with Gasteiger partial charge in [-0.3, -0.25) is 14.5 Å². The highest BCUT2D eigenvalue weighted by Crippen LogP contribution is 2.49. The van der Waals surface area contributed by atoms with Crippen LogP contribution in [0, 0.1) is 11.7 Å². The molecule has 3 atom stereocenters. The summed E-state index contributed by atoms with van der Waals surface area (Å²) in [7, 11) is 0. The fourth-order valence-electron chi connectivity index (χ4n) is 4.32. The summed E-state index contributed by atoms with van der Waals surface area (Å²) in [5, 5.41) is 11.8. The van der Waals surface area contributed by atoms with Crippen molar-refractivity contribution in [2.45, 2.75) is 44.4 Å². The SMILES string of the molecule is O=C(O)CCC(=O)NC1c2ccccc2N(C(=O)OCc2cccc(F)c2)C2CCC12. The van der Waals surface area contributed by atoms with Crippen molar-refractivity contribution in [3.8, 4) is 0 Å². The maximum Gasteiger partial charge on any atom is 0.414 e. The van der Waals surface area contributed by atoms with Crippen LogP contribution in [0.4, 0.5) is 14.9 Å². The Morgan fingerprint density at radius 2 is 1.90 bits per heavy atom. The molecule has 162 valence electrons. The Balaban J connectivity index is 1.52. The molecule has 1 aliphatic heterocycles. The van der Waals surface area contributed by atoms with Crippen LogP contribution < -0.4 is 10.2 Å². The molecule has 1 aliphatic carbocycles. The predicted molar refractivity (Wildman–Crippen MR) is 110 cm³/mol. The third kappa shape index (κ3) is 4.38. The summed E-state index contributed by atoms with van der Waals surface area (Å²) in [6.45, 7) is -0.0397. The van der Waals surface area contributed by atoms with E-state index in [4.69, 9.17) is 9.84 Å². The highest BCUT2D eigenvalue weighted by Gasteiger charge is 2.49. The van der Waals surface area contributed by atoms with Gasteiger partial charge < -0.3 is 15.2 Å². The monoisotopic (exact) mass is 426 g/mol. The number of para-hydroxylation sites is 1. The molecule has 2 aromatic carbocycles. The molecule has 1 fully saturated rings. The molecule has 3 unspecified atom stereocenters. The van der Waals surface area contributed by atoms with Crippen molar-refractivity contribution in [1.82, 2.24) is 5.32 Å². The number of hydrogen-bond donors (Lipinski definition) is 2. The number of ether oxygens (including phenoxy) is 1. The number of anilines is 1. The molecule has 0 aromatic heterocycles. The highest BCUT2D eigenvalue weighted by atomic mass is 19.1. The first kappa shape index (κ1) is 20.8. The van der Waals surface area contributed by atoms with Gasteiger partial charge in [0.25, 0.3) is 0 Å². The summed E-state index contributed by atoms with van der Waals surface area (Å²) in [5.41, 5.74) is 2.03. The standard InChI is InChI=1S/C23H23FN2O5/c24-15-5-3-4-14(12-15)13-31-23(30)26-18-7-2-1-6-16(18)22(17-8-9-19(17)26)25-20(27)10-11-21(28)29/h1-7,12,17,19,22H,8-11,13H2,(H,25,27)(H,28,29). The molecule has 2 N–H and O–H groups in total. The van der Waals surface area contributed by atoms with E-state index in [1.165, 1.54) is 12.1 Å². The molecule has 7 nitrogen and oxygen atoms in total. The first-order chi connectivity index (χ1) is 14.9. The first-order valence-electron chi connectivity index (χ1n) is 10.2. The molecule has 2 amide bonds. The summed E-state index contributed by atoms with van der Waals surface area (Å²) in [6, 6.07) is 12.8. The number of nitrogens with zero attached hydrogens (tertiary/aromatic N) is 1. The predicted octanol–water partition coefficient (Wildman–Crippen LogP) is 3.78. The molecule has 1 saturated carbocycles. The van der Waals surface area contributed by atoms with Crippen molar-refractivity contribution < 1.29 is 28.6 Å². The van der Waals surface area contributed by atoms with Crippen LogP contribution in [0.15, 0.2) is 48.5 Å². The molecule has 0 spiro atoms. The van der Waals surface area contributed by atoms with E-state index in [2.05, 4.69) is 5.32 Å². The summed E-state index contributed by atoms with van der Waals surface area (Å²) < 4.78 is 18.9. The number of hydrogen-bond acceptors (Lipinski definition) is 4. The zero-order valence-corrected chi connectivity index (χ0v) is 16.8. The smallest absolute Gasteiger partial charge is 0.414 e. The van der Waals surface area contributed by atoms with Crippen LogP contribution in [0.5, 0.6) is 0 Å². The zero-order chi connectivity index (χ0) is 22.0. The molecule has 2 aliphatic rings. The van der Waals surface area contributed by atoms with E-state index in [0.29, 0.717) is 11.3 Å². The van der Waals surface area contributed by atoms with Crippen molar-refractivity contribution in [2.75, 3.05) is 4.90 Å². The van der Waals surface area contributed by atoms with E-state index < -0.39 is 17.9 Å². The number of fused-ring (bicyclic) bond motifs is 2. The van der Waals surface area contributed by atoms with E-state index in [1.807, 2.05) is 24.3 Å². The van der Waals surface area contributed by atoms with Crippen LogP contribution >= 0.6 is 0 Å². The van der Waals surface area contributed by atoms with E-state index in [-0.39, 0.29) is 43.4 Å². The minimum Gasteiger partial charge on any atom is -0.481 e. The second-order valence-electron chi connectivity index (χ2n) is 7.86. The van der Waals surface area contributed by atoms with Gasteiger partial charge in [-0.15, -0.1) is 0 Å². The van der Waals surface area contributed by atoms with Gasteiger partial charge in [-0.2, -0.15) is 0 Å². The van der Waals surface area contributed by atoms with Gasteiger partial charge in [0.05, 0.1) is 18.2 Å². The zero-order valence-electron chi connectivity index (χ0n) is 16.8. The third-order valence-corrected chi connectivity index (χ3v) is 5.91. The first-order valence-corrected chi connectivity index (χ1v) is 10.2. The topological polar surface area (TPSA) is 95.9 Å². The molecular weight excluding hydrogens is 403 g/mol. The number of halogens is 1. The Hall–Kier alpha value is -3.42. The van der Waals surface area contributed by atoms with Gasteiger partial charge in [-0.05, 0) is 42.2 Å². The lowest BCUT2D eigenvalue weighted by molar-refractivity contribution is -0.139. The Labute approximate surface area is 178 Å². The number of benzene rings is 2. The summed E-state index contributed by atoms with van der Waals surface area (Å²) >= 11 is 0. The summed E-state index contributed by atoms with van der Waals surface area (Å²) in [5.74, 6) is -1.72. The number of carboxylic acid groups (broad SMARTS) is 1. The Morgan fingerprint density at radius 3 is 2.61 bits per heavy atom. The molecule has 0 saturated heterocycles. The second-order valence-corrected chi connectivity index (χ2v) is 7.86. The fraction of sp³-hybridized carbons (Fsp3) is 0.348. The molecule has 8 heteroatoms. The number of amides is 2. The number of rotatable bonds is 6. The molecule has 2 aromatic rings. The van der Waals surface area contributed by atoms with Crippen LogP contribution in [-0.2, 0) is 20.9 Å². The lowest BCUT2D eigenvalue weighted by atomic mass is 9.68. The maximum atomic E-state index is 13.4. The van der Waals surface area contributed by atoms with Crippen LogP contribution in [0.3, 0.4) is 0 Å². The van der Waals surface area contributed by atoms with Crippen LogP contribution in [0.1, 0.15) is 42.9 Å². The van der Waals surface area contributed by atoms with Crippen molar-refractivity contribution in [3.63, 3.8) is 0 Å². The van der Waals surface area contributed by atoms with Gasteiger partial charge in [-0.1, -0.05) is 30.3 Å². The highest BCUT2D eigenvalue weighted by molar-refractivity contribution is 5.91. The molecule has 1 heterocycles. The molecule has 31 heavy (non-hydrogen) atoms. The Morgan fingerprint density at radius 1 is 1.10 bits per heavy atom. The normalized spacial score (nSPS) is 21.3. The Bertz CT molecular complexity index is 1010. The largest absolute Gasteiger partial charge is 0.481 e. The van der Waals surface area contributed by atoms with Crippen molar-refractivity contribution in [2.24, 2.45) is 5.92 Å². The van der Waals surface area contributed by atoms with Crippen molar-refractivity contribution in [1.29, 1.82) is 0 Å². The van der Waals surface area contributed by atoms with E-state index in [0.717, 1.165) is 18.4 Å².